The van der Waals surface area contributed by atoms with Gasteiger partial charge in [-0.1, -0.05) is 23.7 Å². The van der Waals surface area contributed by atoms with E-state index in [4.69, 9.17) is 11.6 Å². The van der Waals surface area contributed by atoms with Gasteiger partial charge in [-0.05, 0) is 42.0 Å². The van der Waals surface area contributed by atoms with Gasteiger partial charge in [0.05, 0.1) is 6.21 Å². The SMILES string of the molecule is O=C(N/N=C\c1cccc(Cl)c1)C(=O)Nc1ccc(F)cc1. The first-order chi connectivity index (χ1) is 10.5. The standard InChI is InChI=1S/C15H11ClFN3O2/c16-11-3-1-2-10(8-11)9-18-20-15(22)14(21)19-13-6-4-12(17)5-7-13/h1-9H,(H,19,21)(H,20,22)/b18-9-. The molecule has 0 aliphatic rings. The van der Waals surface area contributed by atoms with Crippen LogP contribution in [0.1, 0.15) is 5.56 Å². The van der Waals surface area contributed by atoms with E-state index in [9.17, 15) is 14.0 Å². The van der Waals surface area contributed by atoms with Crippen LogP contribution in [0.5, 0.6) is 0 Å². The van der Waals surface area contributed by atoms with Crippen LogP contribution >= 0.6 is 11.6 Å². The number of hydrogen-bond donors (Lipinski definition) is 2. The molecule has 0 radical (unpaired) electrons. The summed E-state index contributed by atoms with van der Waals surface area (Å²) in [5.74, 6) is -2.29. The first-order valence-electron chi connectivity index (χ1n) is 6.20. The molecule has 7 heteroatoms. The molecule has 112 valence electrons. The molecule has 0 spiro atoms. The molecule has 0 saturated heterocycles. The molecule has 2 rings (SSSR count). The van der Waals surface area contributed by atoms with Crippen molar-refractivity contribution >= 4 is 35.3 Å². The van der Waals surface area contributed by atoms with Gasteiger partial charge in [0.15, 0.2) is 0 Å². The number of carbonyl (C=O) groups is 2. The fraction of sp³-hybridized carbons (Fsp3) is 0. The number of amides is 2. The molecule has 0 fully saturated rings. The van der Waals surface area contributed by atoms with E-state index in [1.54, 1.807) is 24.3 Å². The minimum Gasteiger partial charge on any atom is -0.318 e. The maximum Gasteiger partial charge on any atom is 0.329 e. The largest absolute Gasteiger partial charge is 0.329 e. The Kier molecular flexibility index (Phi) is 5.21. The van der Waals surface area contributed by atoms with E-state index in [1.165, 1.54) is 30.5 Å². The number of hydrazone groups is 1. The second-order valence-electron chi connectivity index (χ2n) is 4.22. The molecular weight excluding hydrogens is 309 g/mol. The monoisotopic (exact) mass is 319 g/mol. The van der Waals surface area contributed by atoms with Gasteiger partial charge in [-0.15, -0.1) is 0 Å². The van der Waals surface area contributed by atoms with Gasteiger partial charge in [-0.25, -0.2) is 9.82 Å². The normalized spacial score (nSPS) is 10.5. The Morgan fingerprint density at radius 2 is 1.82 bits per heavy atom. The third-order valence-electron chi connectivity index (χ3n) is 2.54. The van der Waals surface area contributed by atoms with E-state index in [2.05, 4.69) is 15.8 Å². The maximum atomic E-state index is 12.7. The van der Waals surface area contributed by atoms with E-state index in [1.807, 2.05) is 0 Å². The van der Waals surface area contributed by atoms with Crippen LogP contribution in [-0.2, 0) is 9.59 Å². The number of hydrogen-bond acceptors (Lipinski definition) is 3. The molecule has 0 saturated carbocycles. The van der Waals surface area contributed by atoms with Crippen LogP contribution in [0.25, 0.3) is 0 Å². The number of carbonyl (C=O) groups excluding carboxylic acids is 2. The van der Waals surface area contributed by atoms with E-state index >= 15 is 0 Å². The third kappa shape index (κ3) is 4.68. The van der Waals surface area contributed by atoms with Gasteiger partial charge in [-0.3, -0.25) is 9.59 Å². The highest BCUT2D eigenvalue weighted by Gasteiger charge is 2.12. The van der Waals surface area contributed by atoms with Gasteiger partial charge >= 0.3 is 11.8 Å². The number of benzene rings is 2. The summed E-state index contributed by atoms with van der Waals surface area (Å²) in [4.78, 5) is 23.1. The zero-order chi connectivity index (χ0) is 15.9. The van der Waals surface area contributed by atoms with E-state index < -0.39 is 17.6 Å². The lowest BCUT2D eigenvalue weighted by atomic mass is 10.2. The van der Waals surface area contributed by atoms with Crippen LogP contribution in [0.2, 0.25) is 5.02 Å². The Labute approximate surface area is 130 Å². The molecular formula is C15H11ClFN3O2. The van der Waals surface area contributed by atoms with Gasteiger partial charge in [0.1, 0.15) is 5.82 Å². The summed E-state index contributed by atoms with van der Waals surface area (Å²) >= 11 is 5.80. The molecule has 0 bridgehead atoms. The van der Waals surface area contributed by atoms with E-state index in [-0.39, 0.29) is 0 Å². The Morgan fingerprint density at radius 3 is 2.50 bits per heavy atom. The molecule has 0 aromatic heterocycles. The number of anilines is 1. The van der Waals surface area contributed by atoms with E-state index in [0.29, 0.717) is 16.3 Å². The van der Waals surface area contributed by atoms with Crippen molar-refractivity contribution in [2.75, 3.05) is 5.32 Å². The van der Waals surface area contributed by atoms with Crippen LogP contribution in [0.15, 0.2) is 53.6 Å². The van der Waals surface area contributed by atoms with Crippen molar-refractivity contribution in [2.24, 2.45) is 5.10 Å². The fourth-order valence-electron chi connectivity index (χ4n) is 1.52. The van der Waals surface area contributed by atoms with Gasteiger partial charge in [0, 0.05) is 10.7 Å². The molecule has 2 amide bonds. The summed E-state index contributed by atoms with van der Waals surface area (Å²) in [6, 6.07) is 11.8. The molecule has 0 heterocycles. The second kappa shape index (κ2) is 7.33. The average Bonchev–Trinajstić information content (AvgIpc) is 2.49. The smallest absolute Gasteiger partial charge is 0.318 e. The molecule has 2 aromatic carbocycles. The Balaban J connectivity index is 1.89. The highest BCUT2D eigenvalue weighted by Crippen LogP contribution is 2.09. The van der Waals surface area contributed by atoms with Crippen molar-refractivity contribution in [3.8, 4) is 0 Å². The van der Waals surface area contributed by atoms with Gasteiger partial charge in [0.25, 0.3) is 0 Å². The van der Waals surface area contributed by atoms with Crippen molar-refractivity contribution in [2.45, 2.75) is 0 Å². The molecule has 0 aliphatic carbocycles. The third-order valence-corrected chi connectivity index (χ3v) is 2.77. The Morgan fingerprint density at radius 1 is 1.09 bits per heavy atom. The Hall–Kier alpha value is -2.73. The molecule has 2 N–H and O–H groups in total. The highest BCUT2D eigenvalue weighted by atomic mass is 35.5. The molecule has 0 atom stereocenters. The summed E-state index contributed by atoms with van der Waals surface area (Å²) in [5, 5.41) is 6.50. The van der Waals surface area contributed by atoms with Crippen LogP contribution < -0.4 is 10.7 Å². The fourth-order valence-corrected chi connectivity index (χ4v) is 1.72. The zero-order valence-corrected chi connectivity index (χ0v) is 12.0. The average molecular weight is 320 g/mol. The van der Waals surface area contributed by atoms with Crippen LogP contribution in [0.3, 0.4) is 0 Å². The van der Waals surface area contributed by atoms with Crippen molar-refractivity contribution < 1.29 is 14.0 Å². The topological polar surface area (TPSA) is 70.6 Å². The molecule has 0 unspecified atom stereocenters. The summed E-state index contributed by atoms with van der Waals surface area (Å²) < 4.78 is 12.7. The van der Waals surface area contributed by atoms with Gasteiger partial charge < -0.3 is 5.32 Å². The first kappa shape index (κ1) is 15.7. The van der Waals surface area contributed by atoms with Crippen LogP contribution in [-0.4, -0.2) is 18.0 Å². The quantitative estimate of drug-likeness (QED) is 0.518. The Bertz CT molecular complexity index is 717. The predicted molar refractivity (Wildman–Crippen MR) is 82.2 cm³/mol. The summed E-state index contributed by atoms with van der Waals surface area (Å²) in [6.07, 6.45) is 1.36. The van der Waals surface area contributed by atoms with Crippen molar-refractivity contribution in [3.63, 3.8) is 0 Å². The zero-order valence-electron chi connectivity index (χ0n) is 11.2. The van der Waals surface area contributed by atoms with E-state index in [0.717, 1.165) is 0 Å². The lowest BCUT2D eigenvalue weighted by molar-refractivity contribution is -0.136. The van der Waals surface area contributed by atoms with Crippen LogP contribution in [0, 0.1) is 5.82 Å². The van der Waals surface area contributed by atoms with Crippen molar-refractivity contribution in [1.29, 1.82) is 0 Å². The number of nitrogens with one attached hydrogen (secondary N) is 2. The number of halogens is 2. The second-order valence-corrected chi connectivity index (χ2v) is 4.65. The lowest BCUT2D eigenvalue weighted by Crippen LogP contribution is -2.32. The van der Waals surface area contributed by atoms with Gasteiger partial charge in [0.2, 0.25) is 0 Å². The van der Waals surface area contributed by atoms with Crippen LogP contribution in [0.4, 0.5) is 10.1 Å². The summed E-state index contributed by atoms with van der Waals surface area (Å²) in [5.41, 5.74) is 3.06. The molecule has 0 aliphatic heterocycles. The first-order valence-corrected chi connectivity index (χ1v) is 6.58. The van der Waals surface area contributed by atoms with Crippen molar-refractivity contribution in [1.82, 2.24) is 5.43 Å². The number of nitrogens with zero attached hydrogens (tertiary/aromatic N) is 1. The molecule has 22 heavy (non-hydrogen) atoms. The summed E-state index contributed by atoms with van der Waals surface area (Å²) in [6.45, 7) is 0. The number of rotatable bonds is 3. The molecule has 5 nitrogen and oxygen atoms in total. The highest BCUT2D eigenvalue weighted by molar-refractivity contribution is 6.39. The summed E-state index contributed by atoms with van der Waals surface area (Å²) in [7, 11) is 0. The van der Waals surface area contributed by atoms with Crippen molar-refractivity contribution in [3.05, 3.63) is 64.9 Å². The molecule has 2 aromatic rings. The minimum atomic E-state index is -0.942. The lowest BCUT2D eigenvalue weighted by Gasteiger charge is -2.03. The predicted octanol–water partition coefficient (Wildman–Crippen LogP) is 2.57. The minimum absolute atomic E-state index is 0.306. The van der Waals surface area contributed by atoms with Gasteiger partial charge in [-0.2, -0.15) is 5.10 Å². The maximum absolute atomic E-state index is 12.7.